The van der Waals surface area contributed by atoms with Crippen molar-refractivity contribution in [1.29, 1.82) is 0 Å². The summed E-state index contributed by atoms with van der Waals surface area (Å²) in [5, 5.41) is 4.14. The molecule has 30 heavy (non-hydrogen) atoms. The van der Waals surface area contributed by atoms with Crippen molar-refractivity contribution in [3.05, 3.63) is 0 Å². The average molecular weight is 415 g/mol. The van der Waals surface area contributed by atoms with Gasteiger partial charge in [-0.2, -0.15) is 0 Å². The van der Waals surface area contributed by atoms with Crippen molar-refractivity contribution in [2.45, 2.75) is 135 Å². The fourth-order valence-corrected chi connectivity index (χ4v) is 10.2. The van der Waals surface area contributed by atoms with Crippen LogP contribution in [0.3, 0.4) is 0 Å². The molecule has 170 valence electrons. The molecule has 4 heteroatoms. The number of nitrogens with zero attached hydrogens (tertiary/aromatic N) is 3. The fraction of sp³-hybridized carbons (Fsp3) is 1.00. The van der Waals surface area contributed by atoms with Crippen LogP contribution in [0.15, 0.2) is 0 Å². The zero-order valence-corrected chi connectivity index (χ0v) is 21.0. The van der Waals surface area contributed by atoms with E-state index in [-0.39, 0.29) is 22.3 Å². The van der Waals surface area contributed by atoms with Crippen molar-refractivity contribution >= 4 is 0 Å². The van der Waals surface area contributed by atoms with Gasteiger partial charge in [0.25, 0.3) is 0 Å². The lowest BCUT2D eigenvalue weighted by molar-refractivity contribution is -0.304. The minimum Gasteiger partial charge on any atom is -0.296 e. The monoisotopic (exact) mass is 414 g/mol. The molecule has 1 saturated carbocycles. The summed E-state index contributed by atoms with van der Waals surface area (Å²) < 4.78 is 0. The van der Waals surface area contributed by atoms with Gasteiger partial charge >= 0.3 is 0 Å². The summed E-state index contributed by atoms with van der Waals surface area (Å²) in [6.45, 7) is 24.0. The van der Waals surface area contributed by atoms with Gasteiger partial charge in [0.15, 0.2) is 0 Å². The SMILES string of the molecule is C[C@H]1C[C@H]2CN3C4C(CC3(C)C)CC(C)(C)N4C21N1C2NC(C)(C)CC2CC1(C)C. The van der Waals surface area contributed by atoms with Crippen LogP contribution in [0.4, 0.5) is 0 Å². The summed E-state index contributed by atoms with van der Waals surface area (Å²) in [4.78, 5) is 9.12. The molecule has 6 fully saturated rings. The highest BCUT2D eigenvalue weighted by Crippen LogP contribution is 2.67. The lowest BCUT2D eigenvalue weighted by Gasteiger charge is -2.74. The number of fused-ring (bicyclic) bond motifs is 3. The Morgan fingerprint density at radius 1 is 0.733 bits per heavy atom. The predicted octanol–water partition coefficient (Wildman–Crippen LogP) is 4.46. The number of likely N-dealkylation sites (tertiary alicyclic amines) is 1. The number of rotatable bonds is 1. The largest absolute Gasteiger partial charge is 0.296 e. The van der Waals surface area contributed by atoms with Gasteiger partial charge in [-0.05, 0) is 105 Å². The van der Waals surface area contributed by atoms with Crippen molar-refractivity contribution in [1.82, 2.24) is 20.0 Å². The Balaban J connectivity index is 1.50. The molecule has 1 N–H and O–H groups in total. The smallest absolute Gasteiger partial charge is 0.0839 e. The third kappa shape index (κ3) is 2.23. The third-order valence-electron chi connectivity index (χ3n) is 10.6. The lowest BCUT2D eigenvalue weighted by atomic mass is 9.59. The first-order valence-corrected chi connectivity index (χ1v) is 12.8. The molecule has 0 aromatic carbocycles. The van der Waals surface area contributed by atoms with Gasteiger partial charge in [0, 0.05) is 34.6 Å². The van der Waals surface area contributed by atoms with Crippen LogP contribution in [-0.2, 0) is 0 Å². The van der Waals surface area contributed by atoms with Crippen LogP contribution < -0.4 is 5.32 Å². The number of nitrogens with one attached hydrogen (secondary N) is 1. The van der Waals surface area contributed by atoms with Crippen LogP contribution in [0.1, 0.15) is 94.4 Å². The van der Waals surface area contributed by atoms with E-state index in [0.717, 1.165) is 23.7 Å². The van der Waals surface area contributed by atoms with Crippen molar-refractivity contribution < 1.29 is 0 Å². The molecule has 1 aliphatic carbocycles. The van der Waals surface area contributed by atoms with Gasteiger partial charge < -0.3 is 0 Å². The minimum atomic E-state index is 0.218. The molecule has 5 unspecified atom stereocenters. The number of hydrogen-bond acceptors (Lipinski definition) is 4. The first-order valence-electron chi connectivity index (χ1n) is 12.8. The summed E-state index contributed by atoms with van der Waals surface area (Å²) in [5.74, 6) is 3.13. The summed E-state index contributed by atoms with van der Waals surface area (Å²) in [6, 6.07) is 0. The van der Waals surface area contributed by atoms with E-state index < -0.39 is 0 Å². The molecule has 0 amide bonds. The van der Waals surface area contributed by atoms with E-state index in [1.54, 1.807) is 0 Å². The van der Waals surface area contributed by atoms with Gasteiger partial charge in [-0.1, -0.05) is 6.92 Å². The molecule has 5 heterocycles. The van der Waals surface area contributed by atoms with E-state index in [9.17, 15) is 0 Å². The standard InChI is InChI=1S/C26H46N4/c1-16-10-19-15-28-21-18(13-23(28,4)5)14-25(8,9)30(21)26(16,19)29-20-17(12-24(29,6)7)11-22(2,3)27-20/h16-21,27H,10-15H2,1-9H3/t16-,17?,18?,19-,20?,21?,26?/m0/s1. The maximum atomic E-state index is 4.14. The molecular weight excluding hydrogens is 368 g/mol. The van der Waals surface area contributed by atoms with Gasteiger partial charge in [0.05, 0.1) is 18.0 Å². The molecule has 0 aromatic rings. The molecule has 5 aliphatic heterocycles. The highest BCUT2D eigenvalue weighted by atomic mass is 15.6. The van der Waals surface area contributed by atoms with Crippen molar-refractivity contribution in [3.63, 3.8) is 0 Å². The van der Waals surface area contributed by atoms with Gasteiger partial charge in [0.1, 0.15) is 0 Å². The first-order chi connectivity index (χ1) is 13.7. The molecule has 7 atom stereocenters. The van der Waals surface area contributed by atoms with Gasteiger partial charge in [-0.3, -0.25) is 20.0 Å². The second-order valence-corrected chi connectivity index (χ2v) is 14.7. The Hall–Kier alpha value is -0.160. The highest BCUT2D eigenvalue weighted by Gasteiger charge is 2.76. The van der Waals surface area contributed by atoms with E-state index in [2.05, 4.69) is 82.3 Å². The first kappa shape index (κ1) is 20.4. The zero-order valence-electron chi connectivity index (χ0n) is 21.0. The van der Waals surface area contributed by atoms with Crippen molar-refractivity contribution in [2.24, 2.45) is 23.7 Å². The molecule has 0 radical (unpaired) electrons. The van der Waals surface area contributed by atoms with E-state index in [1.807, 2.05) is 0 Å². The molecule has 0 aromatic heterocycles. The Morgan fingerprint density at radius 2 is 1.33 bits per heavy atom. The minimum absolute atomic E-state index is 0.218. The van der Waals surface area contributed by atoms with Crippen LogP contribution in [-0.4, -0.2) is 61.4 Å². The van der Waals surface area contributed by atoms with E-state index in [4.69, 9.17) is 0 Å². The van der Waals surface area contributed by atoms with Crippen LogP contribution in [0.5, 0.6) is 0 Å². The van der Waals surface area contributed by atoms with Crippen molar-refractivity contribution in [2.75, 3.05) is 6.54 Å². The van der Waals surface area contributed by atoms with Crippen LogP contribution in [0.25, 0.3) is 0 Å². The Kier molecular flexibility index (Phi) is 3.74. The predicted molar refractivity (Wildman–Crippen MR) is 123 cm³/mol. The van der Waals surface area contributed by atoms with Gasteiger partial charge in [-0.15, -0.1) is 0 Å². The molecular formula is C26H46N4. The summed E-state index contributed by atoms with van der Waals surface area (Å²) in [6.07, 6.45) is 7.96. The molecule has 4 nitrogen and oxygen atoms in total. The van der Waals surface area contributed by atoms with Gasteiger partial charge in [0.2, 0.25) is 0 Å². The molecule has 5 saturated heterocycles. The second-order valence-electron chi connectivity index (χ2n) is 14.7. The number of hydrogen-bond donors (Lipinski definition) is 1. The summed E-state index contributed by atoms with van der Waals surface area (Å²) >= 11 is 0. The Morgan fingerprint density at radius 3 is 2.00 bits per heavy atom. The molecule has 0 spiro atoms. The maximum absolute atomic E-state index is 4.14. The van der Waals surface area contributed by atoms with Gasteiger partial charge in [-0.25, -0.2) is 0 Å². The average Bonchev–Trinajstić information content (AvgIpc) is 3.14. The summed E-state index contributed by atoms with van der Waals surface area (Å²) in [5.41, 5.74) is 1.38. The maximum Gasteiger partial charge on any atom is 0.0839 e. The molecule has 6 aliphatic rings. The van der Waals surface area contributed by atoms with Crippen molar-refractivity contribution in [3.8, 4) is 0 Å². The van der Waals surface area contributed by atoms with Crippen LogP contribution in [0.2, 0.25) is 0 Å². The molecule has 6 rings (SSSR count). The second kappa shape index (κ2) is 5.48. The van der Waals surface area contributed by atoms with E-state index in [0.29, 0.717) is 17.9 Å². The normalized spacial score (nSPS) is 52.7. The Labute approximate surface area is 185 Å². The lowest BCUT2D eigenvalue weighted by Crippen LogP contribution is -2.86. The summed E-state index contributed by atoms with van der Waals surface area (Å²) in [7, 11) is 0. The van der Waals surface area contributed by atoms with Crippen LogP contribution in [0, 0.1) is 23.7 Å². The Bertz CT molecular complexity index is 757. The third-order valence-corrected chi connectivity index (χ3v) is 10.6. The topological polar surface area (TPSA) is 21.8 Å². The van der Waals surface area contributed by atoms with E-state index >= 15 is 0 Å². The molecule has 0 bridgehead atoms. The van der Waals surface area contributed by atoms with E-state index in [1.165, 1.54) is 38.6 Å². The van der Waals surface area contributed by atoms with Crippen LogP contribution >= 0.6 is 0 Å². The zero-order chi connectivity index (χ0) is 21.6. The quantitative estimate of drug-likeness (QED) is 0.684. The highest BCUT2D eigenvalue weighted by molar-refractivity contribution is 5.26. The fourth-order valence-electron chi connectivity index (χ4n) is 10.2.